The summed E-state index contributed by atoms with van der Waals surface area (Å²) in [5, 5.41) is 0. The Morgan fingerprint density at radius 1 is 0.909 bits per heavy atom. The zero-order chi connectivity index (χ0) is 9.28. The molecule has 0 saturated carbocycles. The molecule has 0 aromatic rings. The lowest BCUT2D eigenvalue weighted by Gasteiger charge is -2.13. The number of alkyl halides is 7. The van der Waals surface area contributed by atoms with E-state index >= 15 is 0 Å². The third-order valence-electron chi connectivity index (χ3n) is 0.766. The van der Waals surface area contributed by atoms with E-state index in [-0.39, 0.29) is 0 Å². The standard InChI is InChI=1S/C4H3F7/c5-2(4(9,10)11)1-3(6,7)8/h2H,1H2. The van der Waals surface area contributed by atoms with Crippen molar-refractivity contribution in [2.75, 3.05) is 0 Å². The van der Waals surface area contributed by atoms with Gasteiger partial charge in [0.1, 0.15) is 0 Å². The van der Waals surface area contributed by atoms with E-state index in [9.17, 15) is 30.7 Å². The minimum atomic E-state index is -5.42. The second kappa shape index (κ2) is 2.86. The van der Waals surface area contributed by atoms with Crippen LogP contribution in [0.2, 0.25) is 0 Å². The van der Waals surface area contributed by atoms with Crippen molar-refractivity contribution in [1.82, 2.24) is 0 Å². The van der Waals surface area contributed by atoms with E-state index in [2.05, 4.69) is 0 Å². The molecule has 7 heteroatoms. The minimum Gasteiger partial charge on any atom is -0.237 e. The Bertz CT molecular complexity index is 119. The normalized spacial score (nSPS) is 16.6. The summed E-state index contributed by atoms with van der Waals surface area (Å²) < 4.78 is 78.2. The van der Waals surface area contributed by atoms with Gasteiger partial charge in [-0.3, -0.25) is 0 Å². The van der Waals surface area contributed by atoms with E-state index in [0.717, 1.165) is 0 Å². The Morgan fingerprint density at radius 2 is 1.27 bits per heavy atom. The van der Waals surface area contributed by atoms with Gasteiger partial charge in [0.2, 0.25) is 6.17 Å². The molecule has 1 unspecified atom stereocenters. The first kappa shape index (κ1) is 10.5. The lowest BCUT2D eigenvalue weighted by Crippen LogP contribution is -2.29. The topological polar surface area (TPSA) is 0 Å². The van der Waals surface area contributed by atoms with Gasteiger partial charge >= 0.3 is 12.4 Å². The van der Waals surface area contributed by atoms with Gasteiger partial charge in [0.25, 0.3) is 0 Å². The minimum absolute atomic E-state index is 2.48. The van der Waals surface area contributed by atoms with Gasteiger partial charge in [0.05, 0.1) is 6.42 Å². The summed E-state index contributed by atoms with van der Waals surface area (Å²) in [6.45, 7) is 0. The second-order valence-electron chi connectivity index (χ2n) is 1.83. The van der Waals surface area contributed by atoms with Crippen molar-refractivity contribution < 1.29 is 30.7 Å². The highest BCUT2D eigenvalue weighted by molar-refractivity contribution is 4.69. The molecule has 0 nitrogen and oxygen atoms in total. The zero-order valence-corrected chi connectivity index (χ0v) is 4.93. The van der Waals surface area contributed by atoms with Gasteiger partial charge < -0.3 is 0 Å². The average molecular weight is 184 g/mol. The van der Waals surface area contributed by atoms with Gasteiger partial charge in [0.15, 0.2) is 0 Å². The van der Waals surface area contributed by atoms with Crippen molar-refractivity contribution in [2.24, 2.45) is 0 Å². The smallest absolute Gasteiger partial charge is 0.237 e. The first-order valence-electron chi connectivity index (χ1n) is 2.40. The van der Waals surface area contributed by atoms with Crippen molar-refractivity contribution in [2.45, 2.75) is 24.9 Å². The maximum atomic E-state index is 11.6. The highest BCUT2D eigenvalue weighted by Crippen LogP contribution is 2.32. The van der Waals surface area contributed by atoms with Crippen LogP contribution in [0.3, 0.4) is 0 Å². The van der Waals surface area contributed by atoms with Crippen LogP contribution in [0.5, 0.6) is 0 Å². The SMILES string of the molecule is FC(CC(F)(F)F)C(F)(F)F. The first-order chi connectivity index (χ1) is 4.63. The van der Waals surface area contributed by atoms with Gasteiger partial charge in [-0.1, -0.05) is 0 Å². The molecule has 0 aliphatic heterocycles. The molecule has 1 atom stereocenters. The Labute approximate surface area is 57.0 Å². The molecule has 0 aromatic heterocycles. The molecular weight excluding hydrogens is 181 g/mol. The lowest BCUT2D eigenvalue weighted by atomic mass is 10.2. The quantitative estimate of drug-likeness (QED) is 0.549. The van der Waals surface area contributed by atoms with Gasteiger partial charge in [0, 0.05) is 0 Å². The van der Waals surface area contributed by atoms with Gasteiger partial charge in [-0.25, -0.2) is 4.39 Å². The van der Waals surface area contributed by atoms with Crippen molar-refractivity contribution in [3.63, 3.8) is 0 Å². The fourth-order valence-electron chi connectivity index (χ4n) is 0.319. The maximum absolute atomic E-state index is 11.6. The van der Waals surface area contributed by atoms with Crippen LogP contribution in [0.1, 0.15) is 6.42 Å². The second-order valence-corrected chi connectivity index (χ2v) is 1.83. The fourth-order valence-corrected chi connectivity index (χ4v) is 0.319. The molecule has 0 aromatic carbocycles. The van der Waals surface area contributed by atoms with Gasteiger partial charge in [-0.15, -0.1) is 0 Å². The van der Waals surface area contributed by atoms with E-state index in [1.807, 2.05) is 0 Å². The van der Waals surface area contributed by atoms with Crippen LogP contribution in [0.25, 0.3) is 0 Å². The summed E-state index contributed by atoms with van der Waals surface area (Å²) >= 11 is 0. The number of hydrogen-bond acceptors (Lipinski definition) is 0. The molecule has 0 N–H and O–H groups in total. The molecule has 0 rings (SSSR count). The van der Waals surface area contributed by atoms with Crippen molar-refractivity contribution in [3.8, 4) is 0 Å². The lowest BCUT2D eigenvalue weighted by molar-refractivity contribution is -0.222. The van der Waals surface area contributed by atoms with Crippen molar-refractivity contribution in [3.05, 3.63) is 0 Å². The molecule has 0 aliphatic carbocycles. The fraction of sp³-hybridized carbons (Fsp3) is 1.00. The number of rotatable bonds is 1. The van der Waals surface area contributed by atoms with E-state index in [4.69, 9.17) is 0 Å². The summed E-state index contributed by atoms with van der Waals surface area (Å²) in [6, 6.07) is 0. The Kier molecular flexibility index (Phi) is 2.74. The molecule has 11 heavy (non-hydrogen) atoms. The summed E-state index contributed by atoms with van der Waals surface area (Å²) in [4.78, 5) is 0. The van der Waals surface area contributed by atoms with E-state index in [1.54, 1.807) is 0 Å². The molecule has 68 valence electrons. The van der Waals surface area contributed by atoms with Gasteiger partial charge in [-0.2, -0.15) is 26.3 Å². The molecule has 0 spiro atoms. The molecule has 0 saturated heterocycles. The number of hydrogen-bond donors (Lipinski definition) is 0. The van der Waals surface area contributed by atoms with E-state index < -0.39 is 24.9 Å². The Morgan fingerprint density at radius 3 is 1.36 bits per heavy atom. The monoisotopic (exact) mass is 184 g/mol. The van der Waals surface area contributed by atoms with Crippen molar-refractivity contribution in [1.29, 1.82) is 0 Å². The third-order valence-corrected chi connectivity index (χ3v) is 0.766. The largest absolute Gasteiger partial charge is 0.419 e. The molecule has 0 amide bonds. The third kappa shape index (κ3) is 4.86. The van der Waals surface area contributed by atoms with Crippen molar-refractivity contribution >= 4 is 0 Å². The van der Waals surface area contributed by atoms with Crippen LogP contribution < -0.4 is 0 Å². The maximum Gasteiger partial charge on any atom is 0.419 e. The molecule has 0 aliphatic rings. The molecular formula is C4H3F7. The molecule has 0 radical (unpaired) electrons. The molecule has 0 heterocycles. The summed E-state index contributed by atoms with van der Waals surface area (Å²) in [5.74, 6) is 0. The summed E-state index contributed by atoms with van der Waals surface area (Å²) in [6.07, 6.45) is -16.8. The van der Waals surface area contributed by atoms with Gasteiger partial charge in [-0.05, 0) is 0 Å². The van der Waals surface area contributed by atoms with E-state index in [0.29, 0.717) is 0 Å². The van der Waals surface area contributed by atoms with Crippen LogP contribution >= 0.6 is 0 Å². The first-order valence-corrected chi connectivity index (χ1v) is 2.40. The highest BCUT2D eigenvalue weighted by atomic mass is 19.4. The summed E-state index contributed by atoms with van der Waals surface area (Å²) in [5.41, 5.74) is 0. The van der Waals surface area contributed by atoms with Crippen LogP contribution in [0, 0.1) is 0 Å². The zero-order valence-electron chi connectivity index (χ0n) is 4.93. The number of halogens is 7. The average Bonchev–Trinajstić information content (AvgIpc) is 1.56. The molecule has 0 bridgehead atoms. The van der Waals surface area contributed by atoms with Crippen LogP contribution in [-0.4, -0.2) is 18.5 Å². The van der Waals surface area contributed by atoms with E-state index in [1.165, 1.54) is 0 Å². The summed E-state index contributed by atoms with van der Waals surface area (Å²) in [7, 11) is 0. The predicted molar refractivity (Wildman–Crippen MR) is 21.6 cm³/mol. The molecule has 0 fully saturated rings. The van der Waals surface area contributed by atoms with Crippen LogP contribution in [0.15, 0.2) is 0 Å². The Balaban J connectivity index is 3.99. The highest BCUT2D eigenvalue weighted by Gasteiger charge is 2.46. The van der Waals surface area contributed by atoms with Crippen LogP contribution in [-0.2, 0) is 0 Å². The van der Waals surface area contributed by atoms with Crippen LogP contribution in [0.4, 0.5) is 30.7 Å². The Hall–Kier alpha value is -0.490. The predicted octanol–water partition coefficient (Wildman–Crippen LogP) is 2.84.